The molecule has 0 spiro atoms. The van der Waals surface area contributed by atoms with Crippen LogP contribution in [0.1, 0.15) is 65.5 Å². The standard InChI is InChI=1S/C18H25NO6.C17H23NO6/c1-18(2,3)25-17(22)19(4)14(11-15(20)23-5)16(21)24-12-13-9-7-6-8-10-13;1-17(2,3)24-16(21)18-13(10-14(19)22-4)15(20)23-11-12-8-6-5-7-9-12/h6-10,14H,11-12H2,1-5H3;5-9,13H,10-11H2,1-4H3,(H,18,21)/t14-;13-/m11/s1. The fraction of sp³-hybridized carbons (Fsp3) is 0.486. The van der Waals surface area contributed by atoms with Gasteiger partial charge < -0.3 is 33.7 Å². The molecule has 0 saturated carbocycles. The van der Waals surface area contributed by atoms with E-state index in [1.165, 1.54) is 21.3 Å². The van der Waals surface area contributed by atoms with Crippen LogP contribution in [-0.2, 0) is 60.8 Å². The Balaban J connectivity index is 0.000000490. The molecule has 0 aliphatic carbocycles. The van der Waals surface area contributed by atoms with Crippen LogP contribution >= 0.6 is 0 Å². The molecule has 1 N–H and O–H groups in total. The smallest absolute Gasteiger partial charge is 0.410 e. The lowest BCUT2D eigenvalue weighted by Gasteiger charge is -2.29. The molecule has 14 nitrogen and oxygen atoms in total. The van der Waals surface area contributed by atoms with Gasteiger partial charge in [0, 0.05) is 7.05 Å². The van der Waals surface area contributed by atoms with E-state index in [1.807, 2.05) is 36.4 Å². The van der Waals surface area contributed by atoms with Crippen molar-refractivity contribution in [1.82, 2.24) is 10.2 Å². The van der Waals surface area contributed by atoms with Gasteiger partial charge in [-0.25, -0.2) is 19.2 Å². The number of amides is 2. The molecule has 49 heavy (non-hydrogen) atoms. The Bertz CT molecular complexity index is 1370. The fourth-order valence-electron chi connectivity index (χ4n) is 3.63. The number of carbonyl (C=O) groups is 6. The quantitative estimate of drug-likeness (QED) is 0.241. The van der Waals surface area contributed by atoms with Gasteiger partial charge in [-0.3, -0.25) is 14.5 Å². The lowest BCUT2D eigenvalue weighted by atomic mass is 10.2. The molecule has 2 atom stereocenters. The Morgan fingerprint density at radius 3 is 1.51 bits per heavy atom. The van der Waals surface area contributed by atoms with Crippen LogP contribution in [0, 0.1) is 0 Å². The lowest BCUT2D eigenvalue weighted by Crippen LogP contribution is -2.46. The number of benzene rings is 2. The molecule has 0 aromatic heterocycles. The highest BCUT2D eigenvalue weighted by molar-refractivity contribution is 5.87. The van der Waals surface area contributed by atoms with Crippen molar-refractivity contribution in [2.24, 2.45) is 0 Å². The summed E-state index contributed by atoms with van der Waals surface area (Å²) in [5.74, 6) is -2.72. The normalized spacial score (nSPS) is 12.0. The van der Waals surface area contributed by atoms with E-state index in [0.717, 1.165) is 16.0 Å². The zero-order chi connectivity index (χ0) is 37.2. The molecule has 0 unspecified atom stereocenters. The molecule has 0 saturated heterocycles. The molecule has 270 valence electrons. The number of nitrogens with zero attached hydrogens (tertiary/aromatic N) is 1. The zero-order valence-corrected chi connectivity index (χ0v) is 29.6. The van der Waals surface area contributed by atoms with Gasteiger partial charge >= 0.3 is 36.1 Å². The maximum Gasteiger partial charge on any atom is 0.410 e. The maximum absolute atomic E-state index is 12.4. The van der Waals surface area contributed by atoms with Gasteiger partial charge in [0.25, 0.3) is 0 Å². The van der Waals surface area contributed by atoms with Crippen molar-refractivity contribution < 1.29 is 57.2 Å². The lowest BCUT2D eigenvalue weighted by molar-refractivity contribution is -0.155. The molecule has 2 aromatic carbocycles. The summed E-state index contributed by atoms with van der Waals surface area (Å²) in [7, 11) is 3.79. The number of likely N-dealkylation sites (N-methyl/N-ethyl adjacent to an activating group) is 1. The van der Waals surface area contributed by atoms with Crippen LogP contribution in [0.3, 0.4) is 0 Å². The van der Waals surface area contributed by atoms with E-state index in [1.54, 1.807) is 65.8 Å². The molecule has 0 fully saturated rings. The minimum absolute atomic E-state index is 0.0351. The van der Waals surface area contributed by atoms with Gasteiger partial charge in [-0.1, -0.05) is 60.7 Å². The Hall–Kier alpha value is -5.14. The largest absolute Gasteiger partial charge is 0.469 e. The minimum atomic E-state index is -1.18. The summed E-state index contributed by atoms with van der Waals surface area (Å²) in [6.45, 7) is 10.3. The van der Waals surface area contributed by atoms with Gasteiger partial charge in [-0.15, -0.1) is 0 Å². The highest BCUT2D eigenvalue weighted by Gasteiger charge is 2.34. The number of methoxy groups -OCH3 is 2. The van der Waals surface area contributed by atoms with Crippen molar-refractivity contribution in [3.8, 4) is 0 Å². The van der Waals surface area contributed by atoms with Crippen molar-refractivity contribution in [2.75, 3.05) is 21.3 Å². The molecule has 2 rings (SSSR count). The Kier molecular flexibility index (Phi) is 17.3. The molecule has 0 radical (unpaired) electrons. The second-order valence-electron chi connectivity index (χ2n) is 12.6. The van der Waals surface area contributed by atoms with Crippen LogP contribution in [-0.4, -0.2) is 85.5 Å². The van der Waals surface area contributed by atoms with Crippen molar-refractivity contribution >= 4 is 36.1 Å². The van der Waals surface area contributed by atoms with Gasteiger partial charge in [0.1, 0.15) is 36.5 Å². The molecule has 0 aliphatic rings. The summed E-state index contributed by atoms with van der Waals surface area (Å²) in [5.41, 5.74) is 0.135. The molecule has 0 heterocycles. The number of hydrogen-bond donors (Lipinski definition) is 1. The van der Waals surface area contributed by atoms with E-state index in [4.69, 9.17) is 18.9 Å². The number of esters is 4. The third kappa shape index (κ3) is 18.1. The third-order valence-electron chi connectivity index (χ3n) is 6.03. The van der Waals surface area contributed by atoms with E-state index in [-0.39, 0.29) is 26.1 Å². The SMILES string of the molecule is COC(=O)C[C@@H](NC(=O)OC(C)(C)C)C(=O)OCc1ccccc1.COC(=O)C[C@H](C(=O)OCc1ccccc1)N(C)C(=O)OC(C)(C)C. The van der Waals surface area contributed by atoms with E-state index >= 15 is 0 Å². The van der Waals surface area contributed by atoms with Crippen molar-refractivity contribution in [2.45, 2.75) is 90.9 Å². The summed E-state index contributed by atoms with van der Waals surface area (Å²) in [6.07, 6.45) is -2.20. The summed E-state index contributed by atoms with van der Waals surface area (Å²) in [5, 5.41) is 2.34. The first-order chi connectivity index (χ1) is 22.8. The van der Waals surface area contributed by atoms with Crippen LogP contribution in [0.5, 0.6) is 0 Å². The number of ether oxygens (including phenoxy) is 6. The van der Waals surface area contributed by atoms with Gasteiger partial charge in [-0.2, -0.15) is 0 Å². The minimum Gasteiger partial charge on any atom is -0.469 e. The van der Waals surface area contributed by atoms with Gasteiger partial charge in [-0.05, 0) is 52.7 Å². The summed E-state index contributed by atoms with van der Waals surface area (Å²) >= 11 is 0. The molecule has 0 bridgehead atoms. The third-order valence-corrected chi connectivity index (χ3v) is 6.03. The number of carbonyl (C=O) groups excluding carboxylic acids is 6. The molecule has 0 aliphatic heterocycles. The van der Waals surface area contributed by atoms with E-state index in [0.29, 0.717) is 0 Å². The first kappa shape index (κ1) is 41.9. The summed E-state index contributed by atoms with van der Waals surface area (Å²) < 4.78 is 29.8. The van der Waals surface area contributed by atoms with Crippen LogP contribution < -0.4 is 5.32 Å². The Labute approximate surface area is 287 Å². The Morgan fingerprint density at radius 1 is 0.653 bits per heavy atom. The van der Waals surface area contributed by atoms with Gasteiger partial charge in [0.15, 0.2) is 0 Å². The predicted octanol–water partition coefficient (Wildman–Crippen LogP) is 4.71. The van der Waals surface area contributed by atoms with Crippen LogP contribution in [0.15, 0.2) is 60.7 Å². The van der Waals surface area contributed by atoms with Crippen molar-refractivity contribution in [1.29, 1.82) is 0 Å². The van der Waals surface area contributed by atoms with Gasteiger partial charge in [0.05, 0.1) is 27.1 Å². The maximum atomic E-state index is 12.4. The van der Waals surface area contributed by atoms with Crippen molar-refractivity contribution in [3.63, 3.8) is 0 Å². The van der Waals surface area contributed by atoms with E-state index in [9.17, 15) is 28.8 Å². The first-order valence-corrected chi connectivity index (χ1v) is 15.3. The number of hydrogen-bond acceptors (Lipinski definition) is 12. The highest BCUT2D eigenvalue weighted by Crippen LogP contribution is 2.15. The van der Waals surface area contributed by atoms with Gasteiger partial charge in [0.2, 0.25) is 0 Å². The molecule has 2 aromatic rings. The monoisotopic (exact) mass is 688 g/mol. The van der Waals surface area contributed by atoms with E-state index in [2.05, 4.69) is 14.8 Å². The van der Waals surface area contributed by atoms with E-state index < -0.39 is 59.3 Å². The molecule has 2 amide bonds. The summed E-state index contributed by atoms with van der Waals surface area (Å²) in [4.78, 5) is 72.7. The number of alkyl carbamates (subject to hydrolysis) is 1. The van der Waals surface area contributed by atoms with Crippen LogP contribution in [0.2, 0.25) is 0 Å². The molecule has 14 heteroatoms. The summed E-state index contributed by atoms with van der Waals surface area (Å²) in [6, 6.07) is 15.8. The average Bonchev–Trinajstić information content (AvgIpc) is 3.03. The van der Waals surface area contributed by atoms with Crippen molar-refractivity contribution in [3.05, 3.63) is 71.8 Å². The topological polar surface area (TPSA) is 173 Å². The molecular weight excluding hydrogens is 640 g/mol. The van der Waals surface area contributed by atoms with Crippen LogP contribution in [0.25, 0.3) is 0 Å². The fourth-order valence-corrected chi connectivity index (χ4v) is 3.63. The van der Waals surface area contributed by atoms with Crippen LogP contribution in [0.4, 0.5) is 9.59 Å². The second-order valence-corrected chi connectivity index (χ2v) is 12.6. The predicted molar refractivity (Wildman–Crippen MR) is 177 cm³/mol. The first-order valence-electron chi connectivity index (χ1n) is 15.3. The number of nitrogens with one attached hydrogen (secondary N) is 1. The second kappa shape index (κ2) is 20.3. The average molecular weight is 689 g/mol. The highest BCUT2D eigenvalue weighted by atomic mass is 16.6. The molecular formula is C35H48N2O12. The number of rotatable bonds is 12. The zero-order valence-electron chi connectivity index (χ0n) is 29.6. The Morgan fingerprint density at radius 2 is 1.08 bits per heavy atom.